The third kappa shape index (κ3) is 2.91. The lowest BCUT2D eigenvalue weighted by Crippen LogP contribution is -2.24. The van der Waals surface area contributed by atoms with Crippen molar-refractivity contribution in [2.75, 3.05) is 6.54 Å². The number of aromatic nitrogens is 2. The fraction of sp³-hybridized carbons (Fsp3) is 0.250. The molecule has 2 heterocycles. The number of halogens is 1. The summed E-state index contributed by atoms with van der Waals surface area (Å²) in [5.41, 5.74) is 0.702. The summed E-state index contributed by atoms with van der Waals surface area (Å²) in [5.74, 6) is 1.47. The van der Waals surface area contributed by atoms with Crippen LogP contribution < -0.4 is 5.32 Å². The van der Waals surface area contributed by atoms with Crippen molar-refractivity contribution in [3.8, 4) is 0 Å². The van der Waals surface area contributed by atoms with Crippen LogP contribution >= 0.6 is 11.6 Å². The van der Waals surface area contributed by atoms with Crippen molar-refractivity contribution >= 4 is 22.6 Å². The smallest absolute Gasteiger partial charge is 0.152 e. The molecule has 0 radical (unpaired) electrons. The molecule has 0 aliphatic heterocycles. The number of fused-ring (bicyclic) bond motifs is 1. The summed E-state index contributed by atoms with van der Waals surface area (Å²) in [7, 11) is 0. The number of para-hydroxylation sites is 1. The molecule has 1 N–H and O–H groups in total. The minimum absolute atomic E-state index is 0.172. The Kier molecular flexibility index (Phi) is 4.18. The summed E-state index contributed by atoms with van der Waals surface area (Å²) >= 11 is 6.18. The van der Waals surface area contributed by atoms with E-state index < -0.39 is 0 Å². The monoisotopic (exact) mass is 301 g/mol. The molecule has 0 saturated carbocycles. The second-order valence-corrected chi connectivity index (χ2v) is 5.21. The molecular formula is C16H16ClN3O. The van der Waals surface area contributed by atoms with Crippen LogP contribution in [-0.4, -0.2) is 16.5 Å². The van der Waals surface area contributed by atoms with Crippen molar-refractivity contribution in [3.63, 3.8) is 0 Å². The summed E-state index contributed by atoms with van der Waals surface area (Å²) in [5, 5.41) is 5.02. The van der Waals surface area contributed by atoms with Gasteiger partial charge < -0.3 is 9.73 Å². The summed E-state index contributed by atoms with van der Waals surface area (Å²) in [6.07, 6.45) is 4.49. The molecule has 4 nitrogen and oxygen atoms in total. The van der Waals surface area contributed by atoms with Crippen LogP contribution in [0.1, 0.15) is 31.0 Å². The zero-order chi connectivity index (χ0) is 14.7. The van der Waals surface area contributed by atoms with Gasteiger partial charge >= 0.3 is 0 Å². The average molecular weight is 302 g/mol. The zero-order valence-corrected chi connectivity index (χ0v) is 12.5. The molecule has 3 aromatic rings. The molecule has 1 unspecified atom stereocenters. The maximum atomic E-state index is 6.18. The standard InChI is InChI=1S/C16H16ClN3O/c1-2-7-18-14(16-19-8-4-9-20-16)13-10-11-5-3-6-12(17)15(11)21-13/h3-6,8-10,14,18H,2,7H2,1H3. The molecule has 5 heteroatoms. The number of furan rings is 1. The van der Waals surface area contributed by atoms with Gasteiger partial charge in [-0.15, -0.1) is 0 Å². The van der Waals surface area contributed by atoms with Crippen LogP contribution in [-0.2, 0) is 0 Å². The lowest BCUT2D eigenvalue weighted by molar-refractivity contribution is 0.456. The van der Waals surface area contributed by atoms with Crippen molar-refractivity contribution in [3.05, 3.63) is 59.3 Å². The molecule has 108 valence electrons. The van der Waals surface area contributed by atoms with Crippen LogP contribution in [0.3, 0.4) is 0 Å². The Labute approximate surface area is 128 Å². The third-order valence-electron chi connectivity index (χ3n) is 3.24. The normalized spacial score (nSPS) is 12.7. The maximum Gasteiger partial charge on any atom is 0.152 e. The Bertz CT molecular complexity index is 727. The van der Waals surface area contributed by atoms with Gasteiger partial charge in [0, 0.05) is 17.8 Å². The molecule has 0 amide bonds. The Hall–Kier alpha value is -1.91. The Morgan fingerprint density at radius 3 is 2.76 bits per heavy atom. The number of nitrogens with one attached hydrogen (secondary N) is 1. The van der Waals surface area contributed by atoms with E-state index in [0.717, 1.165) is 24.1 Å². The SMILES string of the molecule is CCCNC(c1ncccn1)c1cc2cccc(Cl)c2o1. The van der Waals surface area contributed by atoms with E-state index in [1.54, 1.807) is 18.5 Å². The van der Waals surface area contributed by atoms with E-state index in [-0.39, 0.29) is 6.04 Å². The lowest BCUT2D eigenvalue weighted by Gasteiger charge is -2.14. The third-order valence-corrected chi connectivity index (χ3v) is 3.54. The minimum atomic E-state index is -0.172. The number of hydrogen-bond acceptors (Lipinski definition) is 4. The fourth-order valence-electron chi connectivity index (χ4n) is 2.26. The van der Waals surface area contributed by atoms with Crippen molar-refractivity contribution < 1.29 is 4.42 Å². The van der Waals surface area contributed by atoms with Gasteiger partial charge in [0.05, 0.1) is 5.02 Å². The van der Waals surface area contributed by atoms with Gasteiger partial charge in [0.1, 0.15) is 11.8 Å². The van der Waals surface area contributed by atoms with Gasteiger partial charge in [-0.05, 0) is 31.2 Å². The van der Waals surface area contributed by atoms with Crippen molar-refractivity contribution in [1.82, 2.24) is 15.3 Å². The van der Waals surface area contributed by atoms with Crippen LogP contribution in [0.15, 0.2) is 47.1 Å². The highest BCUT2D eigenvalue weighted by Gasteiger charge is 2.20. The lowest BCUT2D eigenvalue weighted by atomic mass is 10.1. The molecule has 0 aliphatic rings. The van der Waals surface area contributed by atoms with Gasteiger partial charge in [0.15, 0.2) is 11.4 Å². The van der Waals surface area contributed by atoms with Crippen LogP contribution in [0.4, 0.5) is 0 Å². The van der Waals surface area contributed by atoms with E-state index in [0.29, 0.717) is 16.4 Å². The van der Waals surface area contributed by atoms with Gasteiger partial charge in [-0.3, -0.25) is 0 Å². The molecular weight excluding hydrogens is 286 g/mol. The molecule has 1 atom stereocenters. The van der Waals surface area contributed by atoms with Gasteiger partial charge in [-0.25, -0.2) is 9.97 Å². The summed E-state index contributed by atoms with van der Waals surface area (Å²) in [6, 6.07) is 9.34. The molecule has 0 spiro atoms. The number of rotatable bonds is 5. The Balaban J connectivity index is 2.03. The van der Waals surface area contributed by atoms with Crippen molar-refractivity contribution in [2.24, 2.45) is 0 Å². The minimum Gasteiger partial charge on any atom is -0.457 e. The first-order valence-electron chi connectivity index (χ1n) is 6.98. The number of nitrogens with zero attached hydrogens (tertiary/aromatic N) is 2. The number of hydrogen-bond donors (Lipinski definition) is 1. The average Bonchev–Trinajstić information content (AvgIpc) is 2.94. The highest BCUT2D eigenvalue weighted by molar-refractivity contribution is 6.34. The summed E-state index contributed by atoms with van der Waals surface area (Å²) in [4.78, 5) is 8.67. The molecule has 0 bridgehead atoms. The quantitative estimate of drug-likeness (QED) is 0.775. The highest BCUT2D eigenvalue weighted by Crippen LogP contribution is 2.30. The van der Waals surface area contributed by atoms with Crippen LogP contribution in [0.25, 0.3) is 11.0 Å². The summed E-state index contributed by atoms with van der Waals surface area (Å²) < 4.78 is 5.94. The largest absolute Gasteiger partial charge is 0.457 e. The van der Waals surface area contributed by atoms with Gasteiger partial charge in [0.2, 0.25) is 0 Å². The first kappa shape index (κ1) is 14.0. The molecule has 0 aliphatic carbocycles. The predicted octanol–water partition coefficient (Wildman–Crippen LogP) is 3.97. The first-order chi connectivity index (χ1) is 10.3. The molecule has 0 fully saturated rings. The van der Waals surface area contributed by atoms with E-state index in [9.17, 15) is 0 Å². The van der Waals surface area contributed by atoms with Gasteiger partial charge in [-0.1, -0.05) is 30.7 Å². The van der Waals surface area contributed by atoms with E-state index in [2.05, 4.69) is 22.2 Å². The zero-order valence-electron chi connectivity index (χ0n) is 11.7. The van der Waals surface area contributed by atoms with E-state index >= 15 is 0 Å². The van der Waals surface area contributed by atoms with E-state index in [4.69, 9.17) is 16.0 Å². The van der Waals surface area contributed by atoms with Crippen molar-refractivity contribution in [2.45, 2.75) is 19.4 Å². The maximum absolute atomic E-state index is 6.18. The van der Waals surface area contributed by atoms with Gasteiger partial charge in [0.25, 0.3) is 0 Å². The predicted molar refractivity (Wildman–Crippen MR) is 83.4 cm³/mol. The topological polar surface area (TPSA) is 51.0 Å². The first-order valence-corrected chi connectivity index (χ1v) is 7.35. The van der Waals surface area contributed by atoms with Crippen LogP contribution in [0, 0.1) is 0 Å². The second-order valence-electron chi connectivity index (χ2n) is 4.80. The van der Waals surface area contributed by atoms with E-state index in [1.165, 1.54) is 0 Å². The second kappa shape index (κ2) is 6.24. The summed E-state index contributed by atoms with van der Waals surface area (Å²) in [6.45, 7) is 2.97. The van der Waals surface area contributed by atoms with Crippen LogP contribution in [0.5, 0.6) is 0 Å². The highest BCUT2D eigenvalue weighted by atomic mass is 35.5. The van der Waals surface area contributed by atoms with E-state index in [1.807, 2.05) is 24.3 Å². The molecule has 1 aromatic carbocycles. The Morgan fingerprint density at radius 1 is 1.24 bits per heavy atom. The van der Waals surface area contributed by atoms with Crippen molar-refractivity contribution in [1.29, 1.82) is 0 Å². The molecule has 2 aromatic heterocycles. The van der Waals surface area contributed by atoms with Crippen LogP contribution in [0.2, 0.25) is 5.02 Å². The molecule has 0 saturated heterocycles. The molecule has 21 heavy (non-hydrogen) atoms. The fourth-order valence-corrected chi connectivity index (χ4v) is 2.48. The Morgan fingerprint density at radius 2 is 2.05 bits per heavy atom. The van der Waals surface area contributed by atoms with Gasteiger partial charge in [-0.2, -0.15) is 0 Å². The molecule has 3 rings (SSSR count). The number of benzene rings is 1.